The van der Waals surface area contributed by atoms with Crippen molar-refractivity contribution in [3.63, 3.8) is 0 Å². The fraction of sp³-hybridized carbons (Fsp3) is 0.588. The molecule has 0 radical (unpaired) electrons. The summed E-state index contributed by atoms with van der Waals surface area (Å²) in [6.45, 7) is 9.87. The smallest absolute Gasteiger partial charge is 0.230 e. The molecule has 2 N–H and O–H groups in total. The maximum atomic E-state index is 12.0. The van der Waals surface area contributed by atoms with E-state index in [1.54, 1.807) is 4.90 Å². The number of quaternary nitrogens is 1. The second-order valence-electron chi connectivity index (χ2n) is 6.30. The van der Waals surface area contributed by atoms with Crippen LogP contribution in [-0.2, 0) is 4.79 Å². The predicted octanol–water partition coefficient (Wildman–Crippen LogP) is 1.95. The highest BCUT2D eigenvalue weighted by Gasteiger charge is 2.20. The first-order valence-corrected chi connectivity index (χ1v) is 7.75. The Balaban J connectivity index is 1.78. The SMILES string of the molecule is Cc1ccc(NC(=O)CC[NH+]2CCC[C@H](C)C2)cc1C. The molecule has 1 amide bonds. The normalized spacial score (nSPS) is 22.6. The highest BCUT2D eigenvalue weighted by molar-refractivity contribution is 5.90. The average molecular weight is 275 g/mol. The number of aryl methyl sites for hydroxylation is 2. The quantitative estimate of drug-likeness (QED) is 0.865. The molecule has 1 fully saturated rings. The maximum Gasteiger partial charge on any atom is 0.230 e. The van der Waals surface area contributed by atoms with Gasteiger partial charge < -0.3 is 10.2 Å². The van der Waals surface area contributed by atoms with Gasteiger partial charge in [0.05, 0.1) is 26.1 Å². The van der Waals surface area contributed by atoms with Crippen LogP contribution in [0.15, 0.2) is 18.2 Å². The van der Waals surface area contributed by atoms with Crippen molar-refractivity contribution in [1.82, 2.24) is 0 Å². The van der Waals surface area contributed by atoms with Crippen LogP contribution in [0, 0.1) is 19.8 Å². The van der Waals surface area contributed by atoms with Crippen LogP contribution < -0.4 is 10.2 Å². The minimum Gasteiger partial charge on any atom is -0.334 e. The monoisotopic (exact) mass is 275 g/mol. The standard InChI is InChI=1S/C17H26N2O/c1-13-5-4-9-19(12-13)10-8-17(20)18-16-7-6-14(2)15(3)11-16/h6-7,11,13H,4-5,8-10,12H2,1-3H3,(H,18,20)/p+1/t13-/m0/s1. The van der Waals surface area contributed by atoms with Crippen LogP contribution >= 0.6 is 0 Å². The molecule has 0 aromatic heterocycles. The van der Waals surface area contributed by atoms with Crippen LogP contribution in [0.3, 0.4) is 0 Å². The predicted molar refractivity (Wildman–Crippen MR) is 83.1 cm³/mol. The highest BCUT2D eigenvalue weighted by Crippen LogP contribution is 2.14. The molecule has 1 aromatic carbocycles. The molecule has 1 unspecified atom stereocenters. The van der Waals surface area contributed by atoms with Crippen molar-refractivity contribution in [3.05, 3.63) is 29.3 Å². The highest BCUT2D eigenvalue weighted by atomic mass is 16.1. The molecule has 0 aliphatic carbocycles. The molecule has 0 spiro atoms. The summed E-state index contributed by atoms with van der Waals surface area (Å²) in [6.07, 6.45) is 3.27. The summed E-state index contributed by atoms with van der Waals surface area (Å²) < 4.78 is 0. The van der Waals surface area contributed by atoms with Gasteiger partial charge in [-0.2, -0.15) is 0 Å². The van der Waals surface area contributed by atoms with Crippen LogP contribution in [-0.4, -0.2) is 25.5 Å². The molecule has 0 saturated carbocycles. The molecule has 3 nitrogen and oxygen atoms in total. The van der Waals surface area contributed by atoms with Gasteiger partial charge in [-0.15, -0.1) is 0 Å². The number of hydrogen-bond acceptors (Lipinski definition) is 1. The number of carbonyl (C=O) groups is 1. The Kier molecular flexibility index (Phi) is 5.18. The van der Waals surface area contributed by atoms with E-state index in [2.05, 4.69) is 32.2 Å². The minimum absolute atomic E-state index is 0.138. The Morgan fingerprint density at radius 3 is 2.85 bits per heavy atom. The van der Waals surface area contributed by atoms with Crippen LogP contribution in [0.1, 0.15) is 37.3 Å². The number of benzene rings is 1. The molecular formula is C17H27N2O+. The molecule has 1 aliphatic rings. The molecule has 0 bridgehead atoms. The zero-order chi connectivity index (χ0) is 14.5. The number of hydrogen-bond donors (Lipinski definition) is 2. The van der Waals surface area contributed by atoms with E-state index in [9.17, 15) is 4.79 Å². The summed E-state index contributed by atoms with van der Waals surface area (Å²) in [4.78, 5) is 13.6. The van der Waals surface area contributed by atoms with Gasteiger partial charge in [0, 0.05) is 11.6 Å². The maximum absolute atomic E-state index is 12.0. The lowest BCUT2D eigenvalue weighted by Gasteiger charge is -2.27. The van der Waals surface area contributed by atoms with Gasteiger partial charge in [-0.25, -0.2) is 0 Å². The molecule has 110 valence electrons. The van der Waals surface area contributed by atoms with E-state index in [0.29, 0.717) is 6.42 Å². The van der Waals surface area contributed by atoms with Crippen molar-refractivity contribution in [1.29, 1.82) is 0 Å². The Morgan fingerprint density at radius 1 is 1.35 bits per heavy atom. The van der Waals surface area contributed by atoms with Gasteiger partial charge in [0.1, 0.15) is 0 Å². The third-order valence-corrected chi connectivity index (χ3v) is 4.36. The van der Waals surface area contributed by atoms with Crippen molar-refractivity contribution >= 4 is 11.6 Å². The Labute approximate surface area is 122 Å². The van der Waals surface area contributed by atoms with Gasteiger partial charge in [-0.1, -0.05) is 13.0 Å². The third kappa shape index (κ3) is 4.34. The Morgan fingerprint density at radius 2 is 2.15 bits per heavy atom. The zero-order valence-electron chi connectivity index (χ0n) is 13.0. The number of nitrogens with one attached hydrogen (secondary N) is 2. The Bertz CT molecular complexity index is 470. The van der Waals surface area contributed by atoms with Gasteiger partial charge in [-0.05, 0) is 49.9 Å². The fourth-order valence-electron chi connectivity index (χ4n) is 2.96. The van der Waals surface area contributed by atoms with E-state index >= 15 is 0 Å². The van der Waals surface area contributed by atoms with Crippen molar-refractivity contribution < 1.29 is 9.69 Å². The van der Waals surface area contributed by atoms with Gasteiger partial charge >= 0.3 is 0 Å². The summed E-state index contributed by atoms with van der Waals surface area (Å²) in [7, 11) is 0. The van der Waals surface area contributed by atoms with E-state index in [4.69, 9.17) is 0 Å². The van der Waals surface area contributed by atoms with Crippen LogP contribution in [0.2, 0.25) is 0 Å². The first-order chi connectivity index (χ1) is 9.54. The molecule has 2 rings (SSSR count). The first kappa shape index (κ1) is 15.0. The van der Waals surface area contributed by atoms with Crippen LogP contribution in [0.25, 0.3) is 0 Å². The summed E-state index contributed by atoms with van der Waals surface area (Å²) in [5, 5.41) is 3.01. The largest absolute Gasteiger partial charge is 0.334 e. The Hall–Kier alpha value is -1.35. The number of anilines is 1. The van der Waals surface area contributed by atoms with Crippen molar-refractivity contribution in [2.75, 3.05) is 25.0 Å². The number of amides is 1. The molecule has 20 heavy (non-hydrogen) atoms. The topological polar surface area (TPSA) is 33.5 Å². The van der Waals surface area contributed by atoms with Gasteiger partial charge in [-0.3, -0.25) is 4.79 Å². The molecule has 2 atom stereocenters. The lowest BCUT2D eigenvalue weighted by atomic mass is 10.0. The van der Waals surface area contributed by atoms with E-state index in [1.807, 2.05) is 12.1 Å². The first-order valence-electron chi connectivity index (χ1n) is 7.75. The lowest BCUT2D eigenvalue weighted by molar-refractivity contribution is -0.907. The summed E-state index contributed by atoms with van der Waals surface area (Å²) in [5.41, 5.74) is 3.40. The number of carbonyl (C=O) groups excluding carboxylic acids is 1. The van der Waals surface area contributed by atoms with Crippen LogP contribution in [0.5, 0.6) is 0 Å². The number of piperidine rings is 1. The van der Waals surface area contributed by atoms with E-state index in [1.165, 1.54) is 37.1 Å². The van der Waals surface area contributed by atoms with Crippen molar-refractivity contribution in [2.24, 2.45) is 5.92 Å². The van der Waals surface area contributed by atoms with E-state index < -0.39 is 0 Å². The van der Waals surface area contributed by atoms with Crippen LogP contribution in [0.4, 0.5) is 5.69 Å². The zero-order valence-corrected chi connectivity index (χ0v) is 13.0. The second-order valence-corrected chi connectivity index (χ2v) is 6.30. The van der Waals surface area contributed by atoms with E-state index in [-0.39, 0.29) is 5.91 Å². The molecule has 1 aliphatic heterocycles. The van der Waals surface area contributed by atoms with Crippen molar-refractivity contribution in [2.45, 2.75) is 40.0 Å². The molecule has 1 saturated heterocycles. The van der Waals surface area contributed by atoms with E-state index in [0.717, 1.165) is 18.2 Å². The van der Waals surface area contributed by atoms with Gasteiger partial charge in [0.2, 0.25) is 5.91 Å². The second kappa shape index (κ2) is 6.89. The number of rotatable bonds is 4. The number of likely N-dealkylation sites (tertiary alicyclic amines) is 1. The lowest BCUT2D eigenvalue weighted by Crippen LogP contribution is -3.13. The van der Waals surface area contributed by atoms with Gasteiger partial charge in [0.15, 0.2) is 0 Å². The molecular weight excluding hydrogens is 248 g/mol. The molecule has 3 heteroatoms. The summed E-state index contributed by atoms with van der Waals surface area (Å²) in [5.74, 6) is 0.945. The average Bonchev–Trinajstić information content (AvgIpc) is 2.41. The third-order valence-electron chi connectivity index (χ3n) is 4.36. The molecule has 1 heterocycles. The minimum atomic E-state index is 0.138. The summed E-state index contributed by atoms with van der Waals surface area (Å²) in [6, 6.07) is 6.08. The fourth-order valence-corrected chi connectivity index (χ4v) is 2.96. The summed E-state index contributed by atoms with van der Waals surface area (Å²) >= 11 is 0. The van der Waals surface area contributed by atoms with Crippen molar-refractivity contribution in [3.8, 4) is 0 Å². The molecule has 1 aromatic rings. The van der Waals surface area contributed by atoms with Gasteiger partial charge in [0.25, 0.3) is 0 Å².